The third kappa shape index (κ3) is 2.33. The second-order valence-electron chi connectivity index (χ2n) is 3.34. The minimum absolute atomic E-state index is 0.0115. The van der Waals surface area contributed by atoms with Crippen LogP contribution in [0, 0.1) is 0 Å². The standard InChI is InChI=1S/C10H8N2O5/c13-8-1-2-12(10(16)11-8)4-7-3-6(5-17-7)9(14)15/h1-3,5H,4H2,(H,14,15)(H,11,13,16). The predicted molar refractivity (Wildman–Crippen MR) is 56.1 cm³/mol. The third-order valence-corrected chi connectivity index (χ3v) is 2.12. The number of carboxylic acid groups (broad SMARTS) is 1. The van der Waals surface area contributed by atoms with E-state index in [0.29, 0.717) is 5.76 Å². The Labute approximate surface area is 93.9 Å². The minimum Gasteiger partial charge on any atom is -0.478 e. The van der Waals surface area contributed by atoms with E-state index in [9.17, 15) is 14.4 Å². The molecule has 2 aromatic rings. The van der Waals surface area contributed by atoms with Crippen LogP contribution in [0.2, 0.25) is 0 Å². The first-order valence-corrected chi connectivity index (χ1v) is 4.67. The van der Waals surface area contributed by atoms with E-state index in [0.717, 1.165) is 6.26 Å². The first-order chi connectivity index (χ1) is 8.06. The maximum absolute atomic E-state index is 11.3. The molecule has 7 nitrogen and oxygen atoms in total. The summed E-state index contributed by atoms with van der Waals surface area (Å²) in [6, 6.07) is 2.52. The molecule has 0 amide bonds. The van der Waals surface area contributed by atoms with Crippen LogP contribution in [-0.2, 0) is 6.54 Å². The zero-order chi connectivity index (χ0) is 12.4. The SMILES string of the molecule is O=C(O)c1coc(Cn2ccc(=O)[nH]c2=O)c1. The van der Waals surface area contributed by atoms with Crippen molar-refractivity contribution in [2.45, 2.75) is 6.54 Å². The van der Waals surface area contributed by atoms with Crippen LogP contribution in [0.4, 0.5) is 0 Å². The lowest BCUT2D eigenvalue weighted by Gasteiger charge is -2.00. The molecular weight excluding hydrogens is 228 g/mol. The molecular formula is C10H8N2O5. The van der Waals surface area contributed by atoms with Crippen molar-refractivity contribution < 1.29 is 14.3 Å². The van der Waals surface area contributed by atoms with Gasteiger partial charge in [-0.05, 0) is 6.07 Å². The van der Waals surface area contributed by atoms with E-state index in [1.807, 2.05) is 0 Å². The molecule has 2 rings (SSSR count). The highest BCUT2D eigenvalue weighted by Crippen LogP contribution is 2.08. The number of hydrogen-bond donors (Lipinski definition) is 2. The van der Waals surface area contributed by atoms with Gasteiger partial charge in [0.1, 0.15) is 12.0 Å². The highest BCUT2D eigenvalue weighted by atomic mass is 16.4. The summed E-state index contributed by atoms with van der Waals surface area (Å²) in [7, 11) is 0. The Bertz CT molecular complexity index is 664. The summed E-state index contributed by atoms with van der Waals surface area (Å²) in [6.07, 6.45) is 2.40. The molecule has 88 valence electrons. The third-order valence-electron chi connectivity index (χ3n) is 2.12. The van der Waals surface area contributed by atoms with Crippen molar-refractivity contribution in [2.24, 2.45) is 0 Å². The summed E-state index contributed by atoms with van der Waals surface area (Å²) in [4.78, 5) is 34.8. The lowest BCUT2D eigenvalue weighted by molar-refractivity contribution is 0.0696. The number of aromatic nitrogens is 2. The summed E-state index contributed by atoms with van der Waals surface area (Å²) in [5.74, 6) is -0.787. The van der Waals surface area contributed by atoms with Crippen LogP contribution < -0.4 is 11.2 Å². The van der Waals surface area contributed by atoms with Crippen molar-refractivity contribution in [2.75, 3.05) is 0 Å². The number of furan rings is 1. The number of nitrogens with zero attached hydrogens (tertiary/aromatic N) is 1. The van der Waals surface area contributed by atoms with E-state index in [1.54, 1.807) is 0 Å². The van der Waals surface area contributed by atoms with Gasteiger partial charge < -0.3 is 9.52 Å². The van der Waals surface area contributed by atoms with Crippen molar-refractivity contribution in [3.05, 3.63) is 56.8 Å². The Morgan fingerprint density at radius 1 is 1.47 bits per heavy atom. The normalized spacial score (nSPS) is 10.4. The highest BCUT2D eigenvalue weighted by molar-refractivity contribution is 5.87. The molecule has 0 unspecified atom stereocenters. The van der Waals surface area contributed by atoms with Crippen molar-refractivity contribution >= 4 is 5.97 Å². The Morgan fingerprint density at radius 3 is 2.82 bits per heavy atom. The molecule has 0 saturated carbocycles. The molecule has 0 aromatic carbocycles. The number of H-pyrrole nitrogens is 1. The van der Waals surface area contributed by atoms with E-state index < -0.39 is 17.2 Å². The van der Waals surface area contributed by atoms with Crippen LogP contribution >= 0.6 is 0 Å². The monoisotopic (exact) mass is 236 g/mol. The quantitative estimate of drug-likeness (QED) is 0.772. The first kappa shape index (κ1) is 10.9. The van der Waals surface area contributed by atoms with Gasteiger partial charge in [-0.1, -0.05) is 0 Å². The van der Waals surface area contributed by atoms with E-state index in [4.69, 9.17) is 9.52 Å². The Balaban J connectivity index is 2.28. The van der Waals surface area contributed by atoms with E-state index in [1.165, 1.54) is 22.9 Å². The summed E-state index contributed by atoms with van der Waals surface area (Å²) >= 11 is 0. The average molecular weight is 236 g/mol. The summed E-state index contributed by atoms with van der Waals surface area (Å²) in [5.41, 5.74) is -1.06. The van der Waals surface area contributed by atoms with Gasteiger partial charge in [0.05, 0.1) is 12.1 Å². The fourth-order valence-electron chi connectivity index (χ4n) is 1.31. The van der Waals surface area contributed by atoms with E-state index in [2.05, 4.69) is 4.98 Å². The molecule has 7 heteroatoms. The van der Waals surface area contributed by atoms with Gasteiger partial charge in [-0.25, -0.2) is 9.59 Å². The van der Waals surface area contributed by atoms with Crippen LogP contribution in [0.1, 0.15) is 16.1 Å². The highest BCUT2D eigenvalue weighted by Gasteiger charge is 2.09. The van der Waals surface area contributed by atoms with E-state index in [-0.39, 0.29) is 12.1 Å². The van der Waals surface area contributed by atoms with Crippen LogP contribution in [0.3, 0.4) is 0 Å². The molecule has 0 aliphatic carbocycles. The second kappa shape index (κ2) is 4.12. The number of rotatable bonds is 3. The molecule has 2 heterocycles. The zero-order valence-corrected chi connectivity index (χ0v) is 8.54. The number of carbonyl (C=O) groups is 1. The molecule has 0 saturated heterocycles. The fraction of sp³-hybridized carbons (Fsp3) is 0.100. The van der Waals surface area contributed by atoms with Gasteiger partial charge in [0.2, 0.25) is 0 Å². The van der Waals surface area contributed by atoms with Crippen LogP contribution in [0.15, 0.2) is 38.6 Å². The van der Waals surface area contributed by atoms with Gasteiger partial charge in [0, 0.05) is 12.3 Å². The smallest absolute Gasteiger partial charge is 0.338 e. The van der Waals surface area contributed by atoms with Gasteiger partial charge in [0.15, 0.2) is 0 Å². The van der Waals surface area contributed by atoms with Gasteiger partial charge in [-0.2, -0.15) is 0 Å². The number of aromatic carboxylic acids is 1. The van der Waals surface area contributed by atoms with Crippen LogP contribution in [0.5, 0.6) is 0 Å². The molecule has 0 bridgehead atoms. The largest absolute Gasteiger partial charge is 0.478 e. The number of carboxylic acids is 1. The van der Waals surface area contributed by atoms with Crippen LogP contribution in [-0.4, -0.2) is 20.6 Å². The second-order valence-corrected chi connectivity index (χ2v) is 3.34. The number of nitrogens with one attached hydrogen (secondary N) is 1. The maximum atomic E-state index is 11.3. The topological polar surface area (TPSA) is 105 Å². The maximum Gasteiger partial charge on any atom is 0.338 e. The Kier molecular flexibility index (Phi) is 2.65. The fourth-order valence-corrected chi connectivity index (χ4v) is 1.31. The molecule has 0 aliphatic heterocycles. The summed E-state index contributed by atoms with van der Waals surface area (Å²) in [6.45, 7) is 0.0584. The zero-order valence-electron chi connectivity index (χ0n) is 8.54. The number of hydrogen-bond acceptors (Lipinski definition) is 4. The van der Waals surface area contributed by atoms with Crippen molar-refractivity contribution in [3.63, 3.8) is 0 Å². The van der Waals surface area contributed by atoms with Crippen LogP contribution in [0.25, 0.3) is 0 Å². The van der Waals surface area contributed by atoms with Gasteiger partial charge in [-0.3, -0.25) is 14.3 Å². The number of aromatic amines is 1. The van der Waals surface area contributed by atoms with Crippen molar-refractivity contribution in [3.8, 4) is 0 Å². The van der Waals surface area contributed by atoms with Crippen molar-refractivity contribution in [1.82, 2.24) is 9.55 Å². The predicted octanol–water partition coefficient (Wildman–Crippen LogP) is -0.124. The Morgan fingerprint density at radius 2 is 2.24 bits per heavy atom. The van der Waals surface area contributed by atoms with Gasteiger partial charge in [-0.15, -0.1) is 0 Å². The summed E-state index contributed by atoms with van der Waals surface area (Å²) < 4.78 is 6.18. The Hall–Kier alpha value is -2.57. The molecule has 0 radical (unpaired) electrons. The molecule has 0 atom stereocenters. The molecule has 2 aromatic heterocycles. The minimum atomic E-state index is -1.10. The molecule has 0 aliphatic rings. The van der Waals surface area contributed by atoms with Gasteiger partial charge in [0.25, 0.3) is 5.56 Å². The molecule has 0 fully saturated rings. The molecule has 2 N–H and O–H groups in total. The average Bonchev–Trinajstić information content (AvgIpc) is 2.71. The van der Waals surface area contributed by atoms with Gasteiger partial charge >= 0.3 is 11.7 Å². The van der Waals surface area contributed by atoms with Crippen molar-refractivity contribution in [1.29, 1.82) is 0 Å². The lowest BCUT2D eigenvalue weighted by Crippen LogP contribution is -2.28. The first-order valence-electron chi connectivity index (χ1n) is 4.67. The molecule has 0 spiro atoms. The molecule has 17 heavy (non-hydrogen) atoms. The van der Waals surface area contributed by atoms with E-state index >= 15 is 0 Å². The lowest BCUT2D eigenvalue weighted by atomic mass is 10.3. The summed E-state index contributed by atoms with van der Waals surface area (Å²) in [5, 5.41) is 8.68.